The first kappa shape index (κ1) is 24.6. The molecule has 0 aliphatic carbocycles. The van der Waals surface area contributed by atoms with E-state index in [0.717, 1.165) is 0 Å². The van der Waals surface area contributed by atoms with E-state index < -0.39 is 47.2 Å². The first-order chi connectivity index (χ1) is 11.2. The second kappa shape index (κ2) is 14.7. The smallest absolute Gasteiger partial charge is 0.328 e. The van der Waals surface area contributed by atoms with Gasteiger partial charge in [0.05, 0.1) is 0 Å². The van der Waals surface area contributed by atoms with Crippen LogP contribution in [0.25, 0.3) is 0 Å². The predicted octanol–water partition coefficient (Wildman–Crippen LogP) is -0.791. The minimum Gasteiger partial charge on any atom is -0.328 e. The van der Waals surface area contributed by atoms with Gasteiger partial charge in [0.25, 0.3) is 0 Å². The third-order valence-corrected chi connectivity index (χ3v) is 3.51. The quantitative estimate of drug-likeness (QED) is 0.138. The molecule has 2 unspecified atom stereocenters. The van der Waals surface area contributed by atoms with Gasteiger partial charge < -0.3 is 19.6 Å². The van der Waals surface area contributed by atoms with Crippen LogP contribution in [0.1, 0.15) is 0 Å². The van der Waals surface area contributed by atoms with Gasteiger partial charge in [-0.3, -0.25) is 13.9 Å². The molecule has 0 bridgehead atoms. The summed E-state index contributed by atoms with van der Waals surface area (Å²) in [6.45, 7) is -1.36. The SMILES string of the molecule is O=[P+](O)OCN(CCN(COP(O)O)COP(O)O)CO[P+](=O)O. The van der Waals surface area contributed by atoms with Crippen molar-refractivity contribution in [3.8, 4) is 0 Å². The van der Waals surface area contributed by atoms with Crippen molar-refractivity contribution in [2.24, 2.45) is 0 Å². The summed E-state index contributed by atoms with van der Waals surface area (Å²) in [5.74, 6) is 0. The van der Waals surface area contributed by atoms with Crippen LogP contribution in [0, 0.1) is 0 Å². The van der Waals surface area contributed by atoms with Crippen molar-refractivity contribution in [1.29, 1.82) is 0 Å². The lowest BCUT2D eigenvalue weighted by Crippen LogP contribution is -2.38. The molecule has 0 aromatic carbocycles. The molecule has 0 aromatic heterocycles. The molecule has 0 rings (SSSR count). The molecule has 14 nitrogen and oxygen atoms in total. The zero-order valence-electron chi connectivity index (χ0n) is 12.1. The lowest BCUT2D eigenvalue weighted by Gasteiger charge is -2.24. The number of nitrogens with zero attached hydrogens (tertiary/aromatic N) is 2. The predicted molar refractivity (Wildman–Crippen MR) is 79.6 cm³/mol. The molecule has 0 saturated heterocycles. The van der Waals surface area contributed by atoms with E-state index in [1.54, 1.807) is 0 Å². The Labute approximate surface area is 141 Å². The van der Waals surface area contributed by atoms with Crippen LogP contribution in [0.15, 0.2) is 0 Å². The number of rotatable bonds is 15. The summed E-state index contributed by atoms with van der Waals surface area (Å²) in [5, 5.41) is 0. The van der Waals surface area contributed by atoms with E-state index in [4.69, 9.17) is 29.4 Å². The highest BCUT2D eigenvalue weighted by molar-refractivity contribution is 7.39. The van der Waals surface area contributed by atoms with Crippen molar-refractivity contribution >= 4 is 33.7 Å². The van der Waals surface area contributed by atoms with Crippen molar-refractivity contribution in [2.45, 2.75) is 0 Å². The lowest BCUT2D eigenvalue weighted by molar-refractivity contribution is 0.00815. The minimum absolute atomic E-state index is 0.0443. The highest BCUT2D eigenvalue weighted by atomic mass is 31.2. The molecule has 0 amide bonds. The van der Waals surface area contributed by atoms with Gasteiger partial charge >= 0.3 is 33.7 Å². The summed E-state index contributed by atoms with van der Waals surface area (Å²) in [4.78, 5) is 54.6. The Morgan fingerprint density at radius 2 is 1.04 bits per heavy atom. The molecule has 0 heterocycles. The molecule has 0 saturated carbocycles. The van der Waals surface area contributed by atoms with E-state index in [9.17, 15) is 9.13 Å². The van der Waals surface area contributed by atoms with Gasteiger partial charge in [-0.05, 0) is 0 Å². The molecule has 0 radical (unpaired) electrons. The molecule has 2 atom stereocenters. The molecule has 0 aromatic rings. The minimum atomic E-state index is -2.89. The Hall–Kier alpha value is 0.580. The summed E-state index contributed by atoms with van der Waals surface area (Å²) in [6, 6.07) is 0. The first-order valence-corrected chi connectivity index (χ1v) is 10.4. The van der Waals surface area contributed by atoms with Gasteiger partial charge in [-0.25, -0.2) is 4.90 Å². The van der Waals surface area contributed by atoms with Gasteiger partial charge in [-0.15, -0.1) is 18.8 Å². The molecule has 18 heteroatoms. The van der Waals surface area contributed by atoms with E-state index in [-0.39, 0.29) is 26.6 Å². The average molecular weight is 434 g/mol. The number of hydrogen-bond acceptors (Lipinski definition) is 12. The second-order valence-corrected chi connectivity index (χ2v) is 6.80. The van der Waals surface area contributed by atoms with E-state index in [2.05, 4.69) is 18.1 Å². The third kappa shape index (κ3) is 16.1. The van der Waals surface area contributed by atoms with Crippen LogP contribution in [-0.2, 0) is 27.2 Å². The monoisotopic (exact) mass is 434 g/mol. The van der Waals surface area contributed by atoms with Crippen LogP contribution in [-0.4, -0.2) is 79.2 Å². The normalized spacial score (nSPS) is 13.4. The second-order valence-electron chi connectivity index (χ2n) is 3.80. The molecule has 0 fully saturated rings. The van der Waals surface area contributed by atoms with E-state index >= 15 is 0 Å². The molecular formula is C6H18N2O12P4+2. The average Bonchev–Trinajstić information content (AvgIpc) is 2.47. The van der Waals surface area contributed by atoms with Crippen LogP contribution in [0.3, 0.4) is 0 Å². The highest BCUT2D eigenvalue weighted by Gasteiger charge is 2.22. The van der Waals surface area contributed by atoms with Crippen LogP contribution >= 0.6 is 33.7 Å². The first-order valence-electron chi connectivity index (χ1n) is 5.85. The summed E-state index contributed by atoms with van der Waals surface area (Å²) in [6.07, 6.45) is 0. The van der Waals surface area contributed by atoms with E-state index in [1.807, 2.05) is 0 Å². The molecule has 0 aliphatic heterocycles. The van der Waals surface area contributed by atoms with Gasteiger partial charge in [0, 0.05) is 22.2 Å². The summed E-state index contributed by atoms with van der Waals surface area (Å²) in [5.41, 5.74) is 0. The zero-order valence-corrected chi connectivity index (χ0v) is 15.6. The van der Waals surface area contributed by atoms with Crippen LogP contribution in [0.4, 0.5) is 0 Å². The van der Waals surface area contributed by atoms with Gasteiger partial charge in [0.2, 0.25) is 0 Å². The maximum atomic E-state index is 10.5. The van der Waals surface area contributed by atoms with Gasteiger partial charge in [0.1, 0.15) is 13.5 Å². The van der Waals surface area contributed by atoms with Crippen molar-refractivity contribution in [2.75, 3.05) is 40.0 Å². The molecule has 142 valence electrons. The van der Waals surface area contributed by atoms with Crippen LogP contribution in [0.5, 0.6) is 0 Å². The van der Waals surface area contributed by atoms with Crippen molar-refractivity contribution in [3.05, 3.63) is 0 Å². The summed E-state index contributed by atoms with van der Waals surface area (Å²) in [7, 11) is -11.1. The molecule has 0 spiro atoms. The maximum Gasteiger partial charge on any atom is 0.696 e. The Kier molecular flexibility index (Phi) is 15.1. The van der Waals surface area contributed by atoms with Crippen molar-refractivity contribution < 1.29 is 56.6 Å². The van der Waals surface area contributed by atoms with Gasteiger partial charge in [-0.2, -0.15) is 0 Å². The third-order valence-electron chi connectivity index (χ3n) is 2.15. The van der Waals surface area contributed by atoms with Crippen molar-refractivity contribution in [3.63, 3.8) is 0 Å². The standard InChI is InChI=1S/C6H16N2O12P4/c9-21(10)17-3-7(4-18-22(11)12)1-2-8(5-19-23(13)14)6-20-24(15)16/h9-12H,1-6H2/p+2. The fraction of sp³-hybridized carbons (Fsp3) is 1.00. The lowest BCUT2D eigenvalue weighted by atomic mass is 10.5. The summed E-state index contributed by atoms with van der Waals surface area (Å²) >= 11 is 0. The fourth-order valence-corrected chi connectivity index (χ4v) is 2.20. The zero-order chi connectivity index (χ0) is 18.5. The van der Waals surface area contributed by atoms with E-state index in [1.165, 1.54) is 9.80 Å². The molecule has 0 aliphatic rings. The van der Waals surface area contributed by atoms with Crippen molar-refractivity contribution in [1.82, 2.24) is 9.80 Å². The molecular weight excluding hydrogens is 416 g/mol. The Balaban J connectivity index is 4.48. The Morgan fingerprint density at radius 1 is 0.708 bits per heavy atom. The highest BCUT2D eigenvalue weighted by Crippen LogP contribution is 2.27. The topological polar surface area (TPSA) is 199 Å². The number of hydrogen-bond donors (Lipinski definition) is 6. The Bertz CT molecular complexity index is 345. The summed E-state index contributed by atoms with van der Waals surface area (Å²) < 4.78 is 39.1. The fourth-order valence-electron chi connectivity index (χ4n) is 1.14. The van der Waals surface area contributed by atoms with Gasteiger partial charge in [0.15, 0.2) is 13.5 Å². The Morgan fingerprint density at radius 3 is 1.33 bits per heavy atom. The van der Waals surface area contributed by atoms with Crippen LogP contribution in [0.2, 0.25) is 0 Å². The van der Waals surface area contributed by atoms with Gasteiger partial charge in [-0.1, -0.05) is 0 Å². The molecule has 24 heavy (non-hydrogen) atoms. The van der Waals surface area contributed by atoms with E-state index in [0.29, 0.717) is 0 Å². The largest absolute Gasteiger partial charge is 0.696 e. The van der Waals surface area contributed by atoms with Crippen LogP contribution < -0.4 is 0 Å². The molecule has 6 N–H and O–H groups in total. The maximum absolute atomic E-state index is 10.5.